The summed E-state index contributed by atoms with van der Waals surface area (Å²) in [6.45, 7) is 3.44. The number of nitrogens with one attached hydrogen (secondary N) is 1. The zero-order valence-corrected chi connectivity index (χ0v) is 16.2. The average molecular weight is 376 g/mol. The predicted octanol–water partition coefficient (Wildman–Crippen LogP) is 2.65. The molecular formula is C19H24N2O4S. The monoisotopic (exact) mass is 376 g/mol. The minimum absolute atomic E-state index is 0.257. The number of aryl methyl sites for hydroxylation is 1. The Morgan fingerprint density at radius 2 is 1.85 bits per heavy atom. The number of hydrogen-bond acceptors (Lipinski definition) is 4. The van der Waals surface area contributed by atoms with Gasteiger partial charge in [0.15, 0.2) is 0 Å². The number of amides is 1. The molecule has 1 amide bonds. The second kappa shape index (κ2) is 8.23. The van der Waals surface area contributed by atoms with E-state index < -0.39 is 10.0 Å². The van der Waals surface area contributed by atoms with E-state index in [1.807, 2.05) is 44.2 Å². The number of benzene rings is 2. The van der Waals surface area contributed by atoms with Crippen LogP contribution in [-0.4, -0.2) is 34.2 Å². The maximum absolute atomic E-state index is 12.4. The minimum Gasteiger partial charge on any atom is -0.497 e. The zero-order chi connectivity index (χ0) is 19.3. The Labute approximate surface area is 154 Å². The van der Waals surface area contributed by atoms with Gasteiger partial charge in [-0.2, -0.15) is 0 Å². The SMILES string of the molecule is COc1ccc([C@H](C)NC(=O)CN(c2cccc(C)c2)S(C)(=O)=O)cc1. The molecule has 0 radical (unpaired) electrons. The number of methoxy groups -OCH3 is 1. The Bertz CT molecular complexity index is 863. The van der Waals surface area contributed by atoms with Gasteiger partial charge in [-0.1, -0.05) is 24.3 Å². The first kappa shape index (κ1) is 19.8. The van der Waals surface area contributed by atoms with Gasteiger partial charge in [-0.3, -0.25) is 9.10 Å². The van der Waals surface area contributed by atoms with Gasteiger partial charge in [-0.15, -0.1) is 0 Å². The lowest BCUT2D eigenvalue weighted by atomic mass is 10.1. The van der Waals surface area contributed by atoms with Crippen LogP contribution in [0.15, 0.2) is 48.5 Å². The van der Waals surface area contributed by atoms with Crippen molar-refractivity contribution < 1.29 is 17.9 Å². The Morgan fingerprint density at radius 1 is 1.19 bits per heavy atom. The highest BCUT2D eigenvalue weighted by molar-refractivity contribution is 7.92. The van der Waals surface area contributed by atoms with Crippen LogP contribution in [0.5, 0.6) is 5.75 Å². The van der Waals surface area contributed by atoms with E-state index in [0.717, 1.165) is 27.4 Å². The number of anilines is 1. The Balaban J connectivity index is 2.11. The standard InChI is InChI=1S/C19H24N2O4S/c1-14-6-5-7-17(12-14)21(26(4,23)24)13-19(22)20-15(2)16-8-10-18(25-3)11-9-16/h5-12,15H,13H2,1-4H3,(H,20,22)/t15-/m0/s1. The fraction of sp³-hybridized carbons (Fsp3) is 0.316. The van der Waals surface area contributed by atoms with Crippen LogP contribution in [0, 0.1) is 6.92 Å². The summed E-state index contributed by atoms with van der Waals surface area (Å²) in [5.74, 6) is 0.357. The van der Waals surface area contributed by atoms with E-state index in [2.05, 4.69) is 5.32 Å². The highest BCUT2D eigenvalue weighted by Gasteiger charge is 2.22. The third kappa shape index (κ3) is 5.23. The quantitative estimate of drug-likeness (QED) is 0.806. The van der Waals surface area contributed by atoms with Crippen molar-refractivity contribution in [3.8, 4) is 5.75 Å². The molecule has 0 unspecified atom stereocenters. The molecule has 2 aromatic carbocycles. The molecular weight excluding hydrogens is 352 g/mol. The van der Waals surface area contributed by atoms with Crippen molar-refractivity contribution in [3.63, 3.8) is 0 Å². The molecule has 0 aliphatic carbocycles. The first-order valence-electron chi connectivity index (χ1n) is 8.18. The van der Waals surface area contributed by atoms with Gasteiger partial charge < -0.3 is 10.1 Å². The van der Waals surface area contributed by atoms with Crippen molar-refractivity contribution >= 4 is 21.6 Å². The fourth-order valence-electron chi connectivity index (χ4n) is 2.58. The number of nitrogens with zero attached hydrogens (tertiary/aromatic N) is 1. The maximum atomic E-state index is 12.4. The molecule has 0 aromatic heterocycles. The van der Waals surface area contributed by atoms with Crippen molar-refractivity contribution in [3.05, 3.63) is 59.7 Å². The van der Waals surface area contributed by atoms with Crippen molar-refractivity contribution in [2.45, 2.75) is 19.9 Å². The molecule has 0 fully saturated rings. The van der Waals surface area contributed by atoms with Crippen LogP contribution in [0.25, 0.3) is 0 Å². The molecule has 0 spiro atoms. The lowest BCUT2D eigenvalue weighted by molar-refractivity contribution is -0.120. The van der Waals surface area contributed by atoms with Crippen LogP contribution < -0.4 is 14.4 Å². The summed E-state index contributed by atoms with van der Waals surface area (Å²) in [5.41, 5.74) is 2.29. The summed E-state index contributed by atoms with van der Waals surface area (Å²) in [4.78, 5) is 12.4. The van der Waals surface area contributed by atoms with Crippen LogP contribution in [0.1, 0.15) is 24.1 Å². The highest BCUT2D eigenvalue weighted by Crippen LogP contribution is 2.20. The minimum atomic E-state index is -3.58. The summed E-state index contributed by atoms with van der Waals surface area (Å²) >= 11 is 0. The van der Waals surface area contributed by atoms with E-state index >= 15 is 0 Å². The number of carbonyl (C=O) groups is 1. The zero-order valence-electron chi connectivity index (χ0n) is 15.4. The van der Waals surface area contributed by atoms with E-state index in [4.69, 9.17) is 4.74 Å². The van der Waals surface area contributed by atoms with Gasteiger partial charge in [-0.05, 0) is 49.2 Å². The molecule has 0 heterocycles. The van der Waals surface area contributed by atoms with Crippen LogP contribution in [0.4, 0.5) is 5.69 Å². The van der Waals surface area contributed by atoms with Crippen molar-refractivity contribution in [1.82, 2.24) is 5.32 Å². The van der Waals surface area contributed by atoms with Gasteiger partial charge in [0.1, 0.15) is 12.3 Å². The van der Waals surface area contributed by atoms with Gasteiger partial charge in [0.05, 0.1) is 25.1 Å². The first-order valence-corrected chi connectivity index (χ1v) is 10.0. The second-order valence-electron chi connectivity index (χ2n) is 6.17. The number of rotatable bonds is 7. The summed E-state index contributed by atoms with van der Waals surface area (Å²) in [5, 5.41) is 2.83. The largest absolute Gasteiger partial charge is 0.497 e. The maximum Gasteiger partial charge on any atom is 0.241 e. The third-order valence-corrected chi connectivity index (χ3v) is 5.11. The first-order chi connectivity index (χ1) is 12.2. The Morgan fingerprint density at radius 3 is 2.38 bits per heavy atom. The van der Waals surface area contributed by atoms with E-state index in [0.29, 0.717) is 5.69 Å². The van der Waals surface area contributed by atoms with Crippen molar-refractivity contribution in [2.24, 2.45) is 0 Å². The second-order valence-corrected chi connectivity index (χ2v) is 8.08. The average Bonchev–Trinajstić information content (AvgIpc) is 2.58. The van der Waals surface area contributed by atoms with E-state index in [1.54, 1.807) is 25.3 Å². The van der Waals surface area contributed by atoms with Gasteiger partial charge in [0, 0.05) is 0 Å². The molecule has 0 aliphatic heterocycles. The molecule has 0 bridgehead atoms. The van der Waals surface area contributed by atoms with Crippen LogP contribution >= 0.6 is 0 Å². The molecule has 7 heteroatoms. The summed E-state index contributed by atoms with van der Waals surface area (Å²) in [6, 6.07) is 14.1. The lowest BCUT2D eigenvalue weighted by Crippen LogP contribution is -2.41. The van der Waals surface area contributed by atoms with E-state index in [1.165, 1.54) is 0 Å². The van der Waals surface area contributed by atoms with E-state index in [9.17, 15) is 13.2 Å². The summed E-state index contributed by atoms with van der Waals surface area (Å²) < 4.78 is 30.5. The molecule has 0 aliphatic rings. The molecule has 1 N–H and O–H groups in total. The number of sulfonamides is 1. The summed E-state index contributed by atoms with van der Waals surface area (Å²) in [7, 11) is -1.99. The number of hydrogen-bond donors (Lipinski definition) is 1. The van der Waals surface area contributed by atoms with Crippen LogP contribution in [-0.2, 0) is 14.8 Å². The van der Waals surface area contributed by atoms with Crippen molar-refractivity contribution in [1.29, 1.82) is 0 Å². The predicted molar refractivity (Wildman–Crippen MR) is 103 cm³/mol. The normalized spacial score (nSPS) is 12.3. The highest BCUT2D eigenvalue weighted by atomic mass is 32.2. The molecule has 6 nitrogen and oxygen atoms in total. The van der Waals surface area contributed by atoms with Gasteiger partial charge in [-0.25, -0.2) is 8.42 Å². The molecule has 140 valence electrons. The van der Waals surface area contributed by atoms with E-state index in [-0.39, 0.29) is 18.5 Å². The third-order valence-electron chi connectivity index (χ3n) is 3.97. The number of ether oxygens (including phenoxy) is 1. The Hall–Kier alpha value is -2.54. The molecule has 1 atom stereocenters. The van der Waals surface area contributed by atoms with Gasteiger partial charge >= 0.3 is 0 Å². The molecule has 26 heavy (non-hydrogen) atoms. The van der Waals surface area contributed by atoms with Gasteiger partial charge in [0.2, 0.25) is 15.9 Å². The summed E-state index contributed by atoms with van der Waals surface area (Å²) in [6.07, 6.45) is 1.09. The molecule has 0 saturated carbocycles. The number of carbonyl (C=O) groups excluding carboxylic acids is 1. The van der Waals surface area contributed by atoms with Crippen molar-refractivity contribution in [2.75, 3.05) is 24.2 Å². The van der Waals surface area contributed by atoms with Crippen LogP contribution in [0.3, 0.4) is 0 Å². The van der Waals surface area contributed by atoms with Crippen LogP contribution in [0.2, 0.25) is 0 Å². The topological polar surface area (TPSA) is 75.7 Å². The molecule has 0 saturated heterocycles. The molecule has 2 rings (SSSR count). The smallest absolute Gasteiger partial charge is 0.241 e. The molecule has 2 aromatic rings. The fourth-order valence-corrected chi connectivity index (χ4v) is 3.42. The Kier molecular flexibility index (Phi) is 6.26. The van der Waals surface area contributed by atoms with Gasteiger partial charge in [0.25, 0.3) is 0 Å². The lowest BCUT2D eigenvalue weighted by Gasteiger charge is -2.23.